The number of nitrogens with zero attached hydrogens (tertiary/aromatic N) is 1. The Hall–Kier alpha value is -0.530. The van der Waals surface area contributed by atoms with Gasteiger partial charge in [0.15, 0.2) is 0 Å². The van der Waals surface area contributed by atoms with Crippen LogP contribution in [0, 0.1) is 5.92 Å². The second-order valence-electron chi connectivity index (χ2n) is 4.65. The average Bonchev–Trinajstić information content (AvgIpc) is 3.06. The zero-order valence-electron chi connectivity index (χ0n) is 10.8. The summed E-state index contributed by atoms with van der Waals surface area (Å²) in [5.41, 5.74) is 5.57. The Morgan fingerprint density at radius 2 is 2.05 bits per heavy atom. The van der Waals surface area contributed by atoms with Gasteiger partial charge in [-0.15, -0.1) is 12.4 Å². The molecule has 1 amide bonds. The summed E-state index contributed by atoms with van der Waals surface area (Å²) >= 11 is 0. The van der Waals surface area contributed by atoms with E-state index in [9.17, 15) is 18.0 Å². The molecule has 0 saturated heterocycles. The average molecular weight is 305 g/mol. The minimum atomic E-state index is -4.26. The van der Waals surface area contributed by atoms with Crippen LogP contribution in [0.15, 0.2) is 0 Å². The largest absolute Gasteiger partial charge is 0.390 e. The molecule has 1 fully saturated rings. The van der Waals surface area contributed by atoms with Crippen molar-refractivity contribution in [2.24, 2.45) is 11.7 Å². The van der Waals surface area contributed by atoms with Crippen molar-refractivity contribution in [1.29, 1.82) is 0 Å². The number of halogens is 4. The maximum Gasteiger partial charge on any atom is 0.390 e. The van der Waals surface area contributed by atoms with Crippen LogP contribution in [0.4, 0.5) is 13.2 Å². The zero-order valence-corrected chi connectivity index (χ0v) is 11.6. The molecule has 1 aliphatic rings. The molecule has 0 aliphatic heterocycles. The Balaban J connectivity index is 0.00000324. The number of amides is 1. The fourth-order valence-corrected chi connectivity index (χ4v) is 1.65. The lowest BCUT2D eigenvalue weighted by molar-refractivity contribution is -0.146. The summed E-state index contributed by atoms with van der Waals surface area (Å²) in [5, 5.41) is 0. The van der Waals surface area contributed by atoms with Gasteiger partial charge >= 0.3 is 6.18 Å². The highest BCUT2D eigenvalue weighted by atomic mass is 35.5. The van der Waals surface area contributed by atoms with E-state index in [4.69, 9.17) is 10.5 Å². The van der Waals surface area contributed by atoms with Crippen molar-refractivity contribution in [2.45, 2.75) is 31.5 Å². The normalized spacial score (nSPS) is 16.7. The second-order valence-corrected chi connectivity index (χ2v) is 4.65. The smallest absolute Gasteiger partial charge is 0.383 e. The summed E-state index contributed by atoms with van der Waals surface area (Å²) in [7, 11) is 1.40. The van der Waals surface area contributed by atoms with Gasteiger partial charge in [0.2, 0.25) is 5.91 Å². The van der Waals surface area contributed by atoms with Crippen molar-refractivity contribution in [3.05, 3.63) is 0 Å². The van der Waals surface area contributed by atoms with E-state index in [2.05, 4.69) is 0 Å². The lowest BCUT2D eigenvalue weighted by Gasteiger charge is -2.26. The molecule has 1 saturated carbocycles. The first-order valence-electron chi connectivity index (χ1n) is 5.93. The van der Waals surface area contributed by atoms with Gasteiger partial charge in [0.05, 0.1) is 13.0 Å². The molecule has 0 aromatic carbocycles. The molecule has 2 N–H and O–H groups in total. The first-order chi connectivity index (χ1) is 8.33. The Kier molecular flexibility index (Phi) is 7.69. The van der Waals surface area contributed by atoms with Gasteiger partial charge in [-0.3, -0.25) is 4.79 Å². The van der Waals surface area contributed by atoms with Crippen molar-refractivity contribution >= 4 is 18.3 Å². The van der Waals surface area contributed by atoms with Crippen LogP contribution in [0.25, 0.3) is 0 Å². The Labute approximate surface area is 116 Å². The molecular formula is C11H20ClF3N2O2. The number of alkyl halides is 3. The third kappa shape index (κ3) is 7.59. The number of rotatable bonds is 7. The molecule has 0 aromatic heterocycles. The summed E-state index contributed by atoms with van der Waals surface area (Å²) in [4.78, 5) is 13.1. The van der Waals surface area contributed by atoms with E-state index in [-0.39, 0.29) is 25.6 Å². The first kappa shape index (κ1) is 18.5. The lowest BCUT2D eigenvalue weighted by Crippen LogP contribution is -2.47. The van der Waals surface area contributed by atoms with Crippen LogP contribution in [0.3, 0.4) is 0 Å². The van der Waals surface area contributed by atoms with Crippen molar-refractivity contribution in [3.63, 3.8) is 0 Å². The molecule has 4 nitrogen and oxygen atoms in total. The molecular weight excluding hydrogens is 285 g/mol. The number of nitrogens with two attached hydrogens (primary N) is 1. The summed E-state index contributed by atoms with van der Waals surface area (Å²) in [5.74, 6) is -0.134. The molecule has 1 aliphatic carbocycles. The quantitative estimate of drug-likeness (QED) is 0.777. The Morgan fingerprint density at radius 1 is 1.47 bits per heavy atom. The van der Waals surface area contributed by atoms with Crippen LogP contribution in [-0.2, 0) is 9.53 Å². The predicted octanol–water partition coefficient (Wildman–Crippen LogP) is 1.57. The highest BCUT2D eigenvalue weighted by molar-refractivity contribution is 5.85. The molecule has 114 valence electrons. The van der Waals surface area contributed by atoms with E-state index in [1.165, 1.54) is 12.0 Å². The minimum absolute atomic E-state index is 0. The molecule has 1 rings (SSSR count). The number of hydrogen-bond acceptors (Lipinski definition) is 3. The van der Waals surface area contributed by atoms with Crippen LogP contribution >= 0.6 is 12.4 Å². The van der Waals surface area contributed by atoms with E-state index in [1.54, 1.807) is 0 Å². The molecule has 0 bridgehead atoms. The van der Waals surface area contributed by atoms with Crippen LogP contribution in [0.2, 0.25) is 0 Å². The van der Waals surface area contributed by atoms with Gasteiger partial charge in [0.25, 0.3) is 0 Å². The highest BCUT2D eigenvalue weighted by Gasteiger charge is 2.33. The highest BCUT2D eigenvalue weighted by Crippen LogP contribution is 2.30. The van der Waals surface area contributed by atoms with Gasteiger partial charge in [0.1, 0.15) is 6.04 Å². The van der Waals surface area contributed by atoms with Gasteiger partial charge in [0, 0.05) is 20.2 Å². The Bertz CT molecular complexity index is 286. The van der Waals surface area contributed by atoms with Crippen LogP contribution in [0.1, 0.15) is 19.3 Å². The van der Waals surface area contributed by atoms with Gasteiger partial charge < -0.3 is 15.4 Å². The SMILES string of the molecule is COCC(N)C(=O)N(CCC(F)(F)F)CC1CC1.Cl. The summed E-state index contributed by atoms with van der Waals surface area (Å²) < 4.78 is 41.3. The number of ether oxygens (including phenoxy) is 1. The maximum atomic E-state index is 12.2. The molecule has 0 radical (unpaired) electrons. The van der Waals surface area contributed by atoms with Gasteiger partial charge in [-0.1, -0.05) is 0 Å². The van der Waals surface area contributed by atoms with Gasteiger partial charge in [-0.25, -0.2) is 0 Å². The summed E-state index contributed by atoms with van der Waals surface area (Å²) in [6.45, 7) is 0.0641. The van der Waals surface area contributed by atoms with Crippen molar-refractivity contribution in [2.75, 3.05) is 26.8 Å². The lowest BCUT2D eigenvalue weighted by atomic mass is 10.2. The predicted molar refractivity (Wildman–Crippen MR) is 67.1 cm³/mol. The molecule has 0 aromatic rings. The fraction of sp³-hybridized carbons (Fsp3) is 0.909. The molecule has 0 spiro atoms. The topological polar surface area (TPSA) is 55.6 Å². The minimum Gasteiger partial charge on any atom is -0.383 e. The van der Waals surface area contributed by atoms with Gasteiger partial charge in [-0.05, 0) is 18.8 Å². The molecule has 8 heteroatoms. The number of hydrogen-bond donors (Lipinski definition) is 1. The monoisotopic (exact) mass is 304 g/mol. The molecule has 0 heterocycles. The van der Waals surface area contributed by atoms with Crippen LogP contribution in [0.5, 0.6) is 0 Å². The molecule has 1 atom stereocenters. The number of carbonyl (C=O) groups excluding carboxylic acids is 1. The van der Waals surface area contributed by atoms with Crippen LogP contribution in [-0.4, -0.2) is 49.8 Å². The fourth-order valence-electron chi connectivity index (χ4n) is 1.65. The van der Waals surface area contributed by atoms with Crippen molar-refractivity contribution in [1.82, 2.24) is 4.90 Å². The van der Waals surface area contributed by atoms with E-state index in [1.807, 2.05) is 0 Å². The summed E-state index contributed by atoms with van der Waals surface area (Å²) in [6, 6.07) is -0.887. The standard InChI is InChI=1S/C11H19F3N2O2.ClH/c1-18-7-9(15)10(17)16(6-8-2-3-8)5-4-11(12,13)14;/h8-9H,2-7,15H2,1H3;1H. The Morgan fingerprint density at radius 3 is 2.47 bits per heavy atom. The zero-order chi connectivity index (χ0) is 13.8. The van der Waals surface area contributed by atoms with Crippen molar-refractivity contribution in [3.8, 4) is 0 Å². The molecule has 1 unspecified atom stereocenters. The maximum absolute atomic E-state index is 12.2. The van der Waals surface area contributed by atoms with Crippen molar-refractivity contribution < 1.29 is 22.7 Å². The molecule has 19 heavy (non-hydrogen) atoms. The van der Waals surface area contributed by atoms with E-state index in [0.717, 1.165) is 12.8 Å². The van der Waals surface area contributed by atoms with E-state index < -0.39 is 24.5 Å². The summed E-state index contributed by atoms with van der Waals surface area (Å²) in [6.07, 6.45) is -3.32. The second kappa shape index (κ2) is 7.91. The number of methoxy groups -OCH3 is 1. The van der Waals surface area contributed by atoms with Gasteiger partial charge in [-0.2, -0.15) is 13.2 Å². The van der Waals surface area contributed by atoms with E-state index >= 15 is 0 Å². The number of carbonyl (C=O) groups is 1. The first-order valence-corrected chi connectivity index (χ1v) is 5.93. The third-order valence-electron chi connectivity index (χ3n) is 2.82. The van der Waals surface area contributed by atoms with Crippen LogP contribution < -0.4 is 5.73 Å². The third-order valence-corrected chi connectivity index (χ3v) is 2.82. The van der Waals surface area contributed by atoms with E-state index in [0.29, 0.717) is 12.5 Å².